The largest absolute Gasteiger partial charge is 0.369 e. The molecule has 0 saturated heterocycles. The highest BCUT2D eigenvalue weighted by atomic mass is 19.1. The molecule has 0 radical (unpaired) electrons. The monoisotopic (exact) mass is 246 g/mol. The second kappa shape index (κ2) is 5.86. The Hall–Kier alpha value is -1.56. The van der Waals surface area contributed by atoms with Gasteiger partial charge in [0.05, 0.1) is 5.56 Å². The van der Waals surface area contributed by atoms with Crippen LogP contribution in [-0.2, 0) is 0 Å². The molecule has 0 aliphatic heterocycles. The van der Waals surface area contributed by atoms with Crippen molar-refractivity contribution in [2.75, 3.05) is 11.4 Å². The van der Waals surface area contributed by atoms with Crippen LogP contribution in [0.15, 0.2) is 18.2 Å². The first kappa shape index (κ1) is 12.9. The van der Waals surface area contributed by atoms with Gasteiger partial charge in [-0.3, -0.25) is 0 Å². The lowest BCUT2D eigenvalue weighted by atomic mass is 9.93. The van der Waals surface area contributed by atoms with Gasteiger partial charge in [-0.1, -0.05) is 19.3 Å². The molecule has 0 heterocycles. The molecule has 18 heavy (non-hydrogen) atoms. The molecule has 0 unspecified atom stereocenters. The highest BCUT2D eigenvalue weighted by Crippen LogP contribution is 2.28. The van der Waals surface area contributed by atoms with E-state index in [1.807, 2.05) is 12.1 Å². The molecule has 0 atom stereocenters. The molecule has 1 aromatic carbocycles. The van der Waals surface area contributed by atoms with Crippen molar-refractivity contribution < 1.29 is 4.39 Å². The van der Waals surface area contributed by atoms with E-state index >= 15 is 0 Å². The fourth-order valence-electron chi connectivity index (χ4n) is 2.82. The summed E-state index contributed by atoms with van der Waals surface area (Å²) in [6, 6.07) is 7.33. The van der Waals surface area contributed by atoms with E-state index in [1.54, 1.807) is 6.07 Å². The molecule has 3 heteroatoms. The Morgan fingerprint density at radius 1 is 1.33 bits per heavy atom. The third kappa shape index (κ3) is 2.64. The molecule has 1 saturated carbocycles. The molecule has 0 bridgehead atoms. The van der Waals surface area contributed by atoms with Crippen molar-refractivity contribution >= 4 is 5.69 Å². The molecule has 1 aliphatic rings. The summed E-state index contributed by atoms with van der Waals surface area (Å²) in [4.78, 5) is 2.27. The van der Waals surface area contributed by atoms with Gasteiger partial charge < -0.3 is 4.90 Å². The molecule has 0 aromatic heterocycles. The summed E-state index contributed by atoms with van der Waals surface area (Å²) in [6.45, 7) is 2.99. The fourth-order valence-corrected chi connectivity index (χ4v) is 2.82. The van der Waals surface area contributed by atoms with Crippen LogP contribution in [0.2, 0.25) is 0 Å². The van der Waals surface area contributed by atoms with Gasteiger partial charge >= 0.3 is 0 Å². The van der Waals surface area contributed by atoms with Crippen LogP contribution >= 0.6 is 0 Å². The maximum Gasteiger partial charge on any atom is 0.143 e. The molecular weight excluding hydrogens is 227 g/mol. The van der Waals surface area contributed by atoms with E-state index in [0.29, 0.717) is 6.04 Å². The predicted octanol–water partition coefficient (Wildman–Crippen LogP) is 3.86. The zero-order valence-electron chi connectivity index (χ0n) is 10.8. The Bertz CT molecular complexity index is 444. The lowest BCUT2D eigenvalue weighted by molar-refractivity contribution is 0.418. The summed E-state index contributed by atoms with van der Waals surface area (Å²) < 4.78 is 13.7. The first-order valence-corrected chi connectivity index (χ1v) is 6.72. The SMILES string of the molecule is CCN(c1ccc(C#N)c(F)c1)C1CCCCC1. The highest BCUT2D eigenvalue weighted by molar-refractivity contribution is 5.51. The summed E-state index contributed by atoms with van der Waals surface area (Å²) >= 11 is 0. The zero-order valence-corrected chi connectivity index (χ0v) is 10.8. The number of anilines is 1. The van der Waals surface area contributed by atoms with Gasteiger partial charge in [0.1, 0.15) is 11.9 Å². The number of hydrogen-bond acceptors (Lipinski definition) is 2. The Morgan fingerprint density at radius 3 is 2.61 bits per heavy atom. The third-order valence-electron chi connectivity index (χ3n) is 3.76. The van der Waals surface area contributed by atoms with E-state index in [-0.39, 0.29) is 5.56 Å². The van der Waals surface area contributed by atoms with Gasteiger partial charge in [-0.25, -0.2) is 4.39 Å². The van der Waals surface area contributed by atoms with Crippen LogP contribution in [0.4, 0.5) is 10.1 Å². The molecule has 1 fully saturated rings. The minimum atomic E-state index is -0.413. The zero-order chi connectivity index (χ0) is 13.0. The number of nitriles is 1. The molecule has 0 N–H and O–H groups in total. The third-order valence-corrected chi connectivity index (χ3v) is 3.76. The smallest absolute Gasteiger partial charge is 0.143 e. The Labute approximate surface area is 108 Å². The van der Waals surface area contributed by atoms with E-state index in [4.69, 9.17) is 5.26 Å². The number of halogens is 1. The number of rotatable bonds is 3. The Morgan fingerprint density at radius 2 is 2.06 bits per heavy atom. The molecular formula is C15H19FN2. The number of nitrogens with zero attached hydrogens (tertiary/aromatic N) is 2. The molecule has 0 amide bonds. The van der Waals surface area contributed by atoms with Gasteiger partial charge in [0.2, 0.25) is 0 Å². The van der Waals surface area contributed by atoms with Crippen LogP contribution in [-0.4, -0.2) is 12.6 Å². The predicted molar refractivity (Wildman–Crippen MR) is 71.0 cm³/mol. The maximum absolute atomic E-state index is 13.7. The van der Waals surface area contributed by atoms with E-state index in [0.717, 1.165) is 12.2 Å². The summed E-state index contributed by atoms with van der Waals surface area (Å²) in [5, 5.41) is 8.75. The van der Waals surface area contributed by atoms with Gasteiger partial charge in [-0.2, -0.15) is 5.26 Å². The van der Waals surface area contributed by atoms with Crippen LogP contribution in [0.25, 0.3) is 0 Å². The minimum absolute atomic E-state index is 0.124. The summed E-state index contributed by atoms with van der Waals surface area (Å²) in [5.41, 5.74) is 1.03. The second-order valence-electron chi connectivity index (χ2n) is 4.85. The lowest BCUT2D eigenvalue weighted by Crippen LogP contribution is -2.36. The highest BCUT2D eigenvalue weighted by Gasteiger charge is 2.20. The average Bonchev–Trinajstić information content (AvgIpc) is 2.41. The Balaban J connectivity index is 2.21. The van der Waals surface area contributed by atoms with Crippen molar-refractivity contribution in [2.45, 2.75) is 45.1 Å². The average molecular weight is 246 g/mol. The summed E-state index contributed by atoms with van der Waals surface area (Å²) in [5.74, 6) is -0.413. The summed E-state index contributed by atoms with van der Waals surface area (Å²) in [6.07, 6.45) is 6.22. The van der Waals surface area contributed by atoms with Crippen molar-refractivity contribution in [1.29, 1.82) is 5.26 Å². The van der Waals surface area contributed by atoms with Crippen LogP contribution in [0, 0.1) is 17.1 Å². The molecule has 96 valence electrons. The van der Waals surface area contributed by atoms with Gasteiger partial charge in [0, 0.05) is 18.3 Å². The molecule has 2 rings (SSSR count). The molecule has 1 aliphatic carbocycles. The van der Waals surface area contributed by atoms with Crippen molar-refractivity contribution in [3.8, 4) is 6.07 Å². The lowest BCUT2D eigenvalue weighted by Gasteiger charge is -2.35. The van der Waals surface area contributed by atoms with Gasteiger partial charge in [0.25, 0.3) is 0 Å². The van der Waals surface area contributed by atoms with Gasteiger partial charge in [0.15, 0.2) is 0 Å². The number of hydrogen-bond donors (Lipinski definition) is 0. The topological polar surface area (TPSA) is 27.0 Å². The normalized spacial score (nSPS) is 16.3. The van der Waals surface area contributed by atoms with Crippen LogP contribution < -0.4 is 4.90 Å². The van der Waals surface area contributed by atoms with E-state index in [9.17, 15) is 4.39 Å². The number of benzene rings is 1. The minimum Gasteiger partial charge on any atom is -0.369 e. The second-order valence-corrected chi connectivity index (χ2v) is 4.85. The van der Waals surface area contributed by atoms with Crippen molar-refractivity contribution in [1.82, 2.24) is 0 Å². The van der Waals surface area contributed by atoms with E-state index in [1.165, 1.54) is 38.2 Å². The first-order valence-electron chi connectivity index (χ1n) is 6.72. The van der Waals surface area contributed by atoms with Crippen molar-refractivity contribution in [3.63, 3.8) is 0 Å². The molecule has 0 spiro atoms. The van der Waals surface area contributed by atoms with Gasteiger partial charge in [-0.05, 0) is 38.0 Å². The maximum atomic E-state index is 13.7. The standard InChI is InChI=1S/C15H19FN2/c1-2-18(13-6-4-3-5-7-13)14-9-8-12(11-17)15(16)10-14/h8-10,13H,2-7H2,1H3. The Kier molecular flexibility index (Phi) is 4.19. The molecule has 1 aromatic rings. The van der Waals surface area contributed by atoms with Crippen molar-refractivity contribution in [2.24, 2.45) is 0 Å². The van der Waals surface area contributed by atoms with Crippen LogP contribution in [0.3, 0.4) is 0 Å². The van der Waals surface area contributed by atoms with Crippen LogP contribution in [0.1, 0.15) is 44.6 Å². The van der Waals surface area contributed by atoms with Crippen molar-refractivity contribution in [3.05, 3.63) is 29.6 Å². The van der Waals surface area contributed by atoms with Gasteiger partial charge in [-0.15, -0.1) is 0 Å². The molecule has 2 nitrogen and oxygen atoms in total. The van der Waals surface area contributed by atoms with E-state index < -0.39 is 5.82 Å². The van der Waals surface area contributed by atoms with Crippen LogP contribution in [0.5, 0.6) is 0 Å². The quantitative estimate of drug-likeness (QED) is 0.809. The fraction of sp³-hybridized carbons (Fsp3) is 0.533. The summed E-state index contributed by atoms with van der Waals surface area (Å²) in [7, 11) is 0. The first-order chi connectivity index (χ1) is 8.76. The van der Waals surface area contributed by atoms with E-state index in [2.05, 4.69) is 11.8 Å².